The van der Waals surface area contributed by atoms with Crippen molar-refractivity contribution in [3.05, 3.63) is 0 Å². The highest BCUT2D eigenvalue weighted by Crippen LogP contribution is 2.12. The van der Waals surface area contributed by atoms with Gasteiger partial charge in [0.2, 0.25) is 0 Å². The molecule has 0 amide bonds. The van der Waals surface area contributed by atoms with E-state index < -0.39 is 12.0 Å². The Morgan fingerprint density at radius 2 is 1.56 bits per heavy atom. The van der Waals surface area contributed by atoms with Crippen molar-refractivity contribution in [2.24, 2.45) is 5.73 Å². The lowest BCUT2D eigenvalue weighted by atomic mass is 10.1. The average molecular weight is 275 g/mol. The molecular weight excluding hydrogens is 246 g/mol. The molecule has 0 aliphatic rings. The van der Waals surface area contributed by atoms with Crippen molar-refractivity contribution in [2.75, 3.05) is 11.5 Å². The van der Waals surface area contributed by atoms with Crippen molar-refractivity contribution in [1.29, 1.82) is 0 Å². The van der Waals surface area contributed by atoms with Crippen molar-refractivity contribution >= 4 is 17.7 Å². The summed E-state index contributed by atoms with van der Waals surface area (Å²) in [6.45, 7) is 2.24. The number of hydrogen-bond acceptors (Lipinski definition) is 3. The lowest BCUT2D eigenvalue weighted by Crippen LogP contribution is -2.32. The third-order valence-electron chi connectivity index (χ3n) is 3.01. The van der Waals surface area contributed by atoms with E-state index >= 15 is 0 Å². The van der Waals surface area contributed by atoms with E-state index in [0.717, 1.165) is 5.75 Å². The van der Waals surface area contributed by atoms with Crippen molar-refractivity contribution in [3.63, 3.8) is 0 Å². The highest BCUT2D eigenvalue weighted by molar-refractivity contribution is 7.99. The minimum Gasteiger partial charge on any atom is -0.480 e. The predicted octanol–water partition coefficient (Wildman–Crippen LogP) is 3.66. The lowest BCUT2D eigenvalue weighted by Gasteiger charge is -2.05. The number of carboxylic acids is 1. The van der Waals surface area contributed by atoms with E-state index in [4.69, 9.17) is 10.8 Å². The summed E-state index contributed by atoms with van der Waals surface area (Å²) in [5, 5.41) is 8.61. The van der Waals surface area contributed by atoms with Gasteiger partial charge in [0.15, 0.2) is 0 Å². The Bertz CT molecular complexity index is 200. The molecule has 0 saturated carbocycles. The Morgan fingerprint density at radius 3 is 2.06 bits per heavy atom. The number of carbonyl (C=O) groups is 1. The molecule has 3 nitrogen and oxygen atoms in total. The molecule has 18 heavy (non-hydrogen) atoms. The smallest absolute Gasteiger partial charge is 0.321 e. The fourth-order valence-electron chi connectivity index (χ4n) is 1.80. The van der Waals surface area contributed by atoms with Gasteiger partial charge in [-0.2, -0.15) is 11.8 Å². The molecule has 108 valence electrons. The molecule has 0 aliphatic carbocycles. The molecular formula is C14H29NO2S. The quantitative estimate of drug-likeness (QED) is 0.503. The molecule has 0 aromatic heterocycles. The summed E-state index contributed by atoms with van der Waals surface area (Å²) in [7, 11) is 0. The first-order valence-electron chi connectivity index (χ1n) is 7.24. The zero-order valence-electron chi connectivity index (χ0n) is 11.7. The number of aliphatic carboxylic acids is 1. The van der Waals surface area contributed by atoms with Gasteiger partial charge in [-0.15, -0.1) is 0 Å². The predicted molar refractivity (Wildman–Crippen MR) is 80.2 cm³/mol. The van der Waals surface area contributed by atoms with Crippen LogP contribution in [-0.4, -0.2) is 28.6 Å². The topological polar surface area (TPSA) is 63.3 Å². The van der Waals surface area contributed by atoms with E-state index in [-0.39, 0.29) is 0 Å². The second kappa shape index (κ2) is 13.2. The molecule has 0 aromatic rings. The summed E-state index contributed by atoms with van der Waals surface area (Å²) in [6.07, 6.45) is 12.0. The first-order valence-corrected chi connectivity index (χ1v) is 8.40. The van der Waals surface area contributed by atoms with Crippen LogP contribution in [-0.2, 0) is 4.79 Å². The van der Waals surface area contributed by atoms with Gasteiger partial charge in [0.05, 0.1) is 0 Å². The molecule has 0 saturated heterocycles. The largest absolute Gasteiger partial charge is 0.480 e. The second-order valence-electron chi connectivity index (χ2n) is 4.85. The molecule has 0 spiro atoms. The summed E-state index contributed by atoms with van der Waals surface area (Å²) in [5.74, 6) is 0.679. The van der Waals surface area contributed by atoms with Gasteiger partial charge >= 0.3 is 5.97 Å². The standard InChI is InChI=1S/C14H29NO2S/c1-2-3-4-5-6-7-8-9-10-11-18-12-13(15)14(16)17/h13H,2-12,15H2,1H3,(H,16,17). The van der Waals surface area contributed by atoms with Crippen molar-refractivity contribution in [1.82, 2.24) is 0 Å². The fourth-order valence-corrected chi connectivity index (χ4v) is 2.77. The van der Waals surface area contributed by atoms with E-state index in [1.54, 1.807) is 11.8 Å². The first kappa shape index (κ1) is 17.8. The van der Waals surface area contributed by atoms with Crippen LogP contribution in [0.3, 0.4) is 0 Å². The van der Waals surface area contributed by atoms with Crippen LogP contribution in [0.15, 0.2) is 0 Å². The van der Waals surface area contributed by atoms with Gasteiger partial charge in [-0.1, -0.05) is 58.3 Å². The van der Waals surface area contributed by atoms with Gasteiger partial charge in [0, 0.05) is 5.75 Å². The van der Waals surface area contributed by atoms with E-state index in [1.165, 1.54) is 57.8 Å². The summed E-state index contributed by atoms with van der Waals surface area (Å²) in [6, 6.07) is -0.700. The normalized spacial score (nSPS) is 12.6. The molecule has 0 bridgehead atoms. The Hall–Kier alpha value is -0.220. The molecule has 3 N–H and O–H groups in total. The van der Waals surface area contributed by atoms with Crippen LogP contribution < -0.4 is 5.73 Å². The lowest BCUT2D eigenvalue weighted by molar-refractivity contribution is -0.137. The number of hydrogen-bond donors (Lipinski definition) is 2. The molecule has 0 heterocycles. The summed E-state index contributed by atoms with van der Waals surface area (Å²) < 4.78 is 0. The van der Waals surface area contributed by atoms with Crippen LogP contribution in [0.2, 0.25) is 0 Å². The molecule has 0 aliphatic heterocycles. The molecule has 0 aromatic carbocycles. The van der Waals surface area contributed by atoms with Crippen LogP contribution in [0.1, 0.15) is 64.7 Å². The van der Waals surface area contributed by atoms with E-state index in [9.17, 15) is 4.79 Å². The number of thioether (sulfide) groups is 1. The van der Waals surface area contributed by atoms with Gasteiger partial charge in [0.25, 0.3) is 0 Å². The summed E-state index contributed by atoms with van der Waals surface area (Å²) in [5.41, 5.74) is 5.42. The van der Waals surface area contributed by atoms with Crippen LogP contribution in [0.5, 0.6) is 0 Å². The second-order valence-corrected chi connectivity index (χ2v) is 6.00. The number of unbranched alkanes of at least 4 members (excludes halogenated alkanes) is 8. The third kappa shape index (κ3) is 12.2. The maximum Gasteiger partial charge on any atom is 0.321 e. The molecule has 1 unspecified atom stereocenters. The number of rotatable bonds is 13. The van der Waals surface area contributed by atoms with Gasteiger partial charge in [-0.25, -0.2) is 0 Å². The maximum atomic E-state index is 10.5. The Labute approximate surface area is 116 Å². The van der Waals surface area contributed by atoms with Gasteiger partial charge in [-0.05, 0) is 12.2 Å². The van der Waals surface area contributed by atoms with Crippen molar-refractivity contribution in [3.8, 4) is 0 Å². The van der Waals surface area contributed by atoms with Crippen molar-refractivity contribution < 1.29 is 9.90 Å². The SMILES string of the molecule is CCCCCCCCCCCSCC(N)C(=O)O. The Morgan fingerprint density at radius 1 is 1.06 bits per heavy atom. The Balaban J connectivity index is 3.05. The van der Waals surface area contributed by atoms with E-state index in [2.05, 4.69) is 6.92 Å². The van der Waals surface area contributed by atoms with Crippen molar-refractivity contribution in [2.45, 2.75) is 70.8 Å². The summed E-state index contributed by atoms with van der Waals surface area (Å²) >= 11 is 1.66. The maximum absolute atomic E-state index is 10.5. The van der Waals surface area contributed by atoms with Crippen LogP contribution in [0, 0.1) is 0 Å². The van der Waals surface area contributed by atoms with Gasteiger partial charge < -0.3 is 10.8 Å². The molecule has 4 heteroatoms. The number of nitrogens with two attached hydrogens (primary N) is 1. The zero-order valence-corrected chi connectivity index (χ0v) is 12.5. The molecule has 1 atom stereocenters. The van der Waals surface area contributed by atoms with E-state index in [1.807, 2.05) is 0 Å². The highest BCUT2D eigenvalue weighted by Gasteiger charge is 2.10. The van der Waals surface area contributed by atoms with Gasteiger partial charge in [0.1, 0.15) is 6.04 Å². The van der Waals surface area contributed by atoms with Gasteiger partial charge in [-0.3, -0.25) is 4.79 Å². The third-order valence-corrected chi connectivity index (χ3v) is 4.18. The van der Waals surface area contributed by atoms with E-state index in [0.29, 0.717) is 5.75 Å². The first-order chi connectivity index (χ1) is 8.68. The van der Waals surface area contributed by atoms with Crippen LogP contribution in [0.25, 0.3) is 0 Å². The molecule has 0 radical (unpaired) electrons. The highest BCUT2D eigenvalue weighted by atomic mass is 32.2. The monoisotopic (exact) mass is 275 g/mol. The van der Waals surface area contributed by atoms with Crippen LogP contribution >= 0.6 is 11.8 Å². The molecule has 0 rings (SSSR count). The average Bonchev–Trinajstić information content (AvgIpc) is 2.35. The molecule has 0 fully saturated rings. The minimum absolute atomic E-state index is 0.534. The van der Waals surface area contributed by atoms with Crippen LogP contribution in [0.4, 0.5) is 0 Å². The Kier molecular flexibility index (Phi) is 13.1. The fraction of sp³-hybridized carbons (Fsp3) is 0.929. The summed E-state index contributed by atoms with van der Waals surface area (Å²) in [4.78, 5) is 10.5. The zero-order chi connectivity index (χ0) is 13.6. The number of carboxylic acid groups (broad SMARTS) is 1. The minimum atomic E-state index is -0.894.